The molecule has 0 radical (unpaired) electrons. The second-order valence-corrected chi connectivity index (χ2v) is 4.70. The average Bonchev–Trinajstić information content (AvgIpc) is 2.98. The molecule has 0 saturated heterocycles. The maximum absolute atomic E-state index is 4.34. The number of anilines is 1. The Morgan fingerprint density at radius 2 is 2.28 bits per heavy atom. The van der Waals surface area contributed by atoms with Crippen LogP contribution < -0.4 is 5.32 Å². The van der Waals surface area contributed by atoms with Gasteiger partial charge in [-0.1, -0.05) is 0 Å². The summed E-state index contributed by atoms with van der Waals surface area (Å²) in [6.45, 7) is 0.884. The average molecular weight is 243 g/mol. The molecule has 18 heavy (non-hydrogen) atoms. The van der Waals surface area contributed by atoms with Crippen LogP contribution in [-0.4, -0.2) is 26.3 Å². The Morgan fingerprint density at radius 1 is 1.33 bits per heavy atom. The first-order chi connectivity index (χ1) is 8.83. The van der Waals surface area contributed by atoms with Crippen molar-refractivity contribution in [2.24, 2.45) is 7.05 Å². The molecule has 2 aromatic heterocycles. The summed E-state index contributed by atoms with van der Waals surface area (Å²) in [7, 11) is 1.94. The predicted octanol–water partition coefficient (Wildman–Crippen LogP) is 1.35. The van der Waals surface area contributed by atoms with Crippen LogP contribution in [0, 0.1) is 0 Å². The lowest BCUT2D eigenvalue weighted by Gasteiger charge is -2.08. The summed E-state index contributed by atoms with van der Waals surface area (Å²) in [4.78, 5) is 8.67. The van der Waals surface area contributed by atoms with E-state index in [9.17, 15) is 0 Å². The Kier molecular flexibility index (Phi) is 2.96. The highest BCUT2D eigenvalue weighted by molar-refractivity contribution is 5.47. The number of hydrogen-bond acceptors (Lipinski definition) is 4. The third kappa shape index (κ3) is 2.20. The van der Waals surface area contributed by atoms with Crippen LogP contribution in [0.1, 0.15) is 23.2 Å². The molecule has 0 saturated carbocycles. The first-order valence-electron chi connectivity index (χ1n) is 6.37. The third-order valence-electron chi connectivity index (χ3n) is 3.34. The van der Waals surface area contributed by atoms with Gasteiger partial charge >= 0.3 is 0 Å². The fourth-order valence-electron chi connectivity index (χ4n) is 2.44. The summed E-state index contributed by atoms with van der Waals surface area (Å²) >= 11 is 0. The topological polar surface area (TPSA) is 55.6 Å². The molecule has 1 aliphatic rings. The van der Waals surface area contributed by atoms with Crippen molar-refractivity contribution in [2.45, 2.75) is 25.7 Å². The van der Waals surface area contributed by atoms with Crippen molar-refractivity contribution in [1.82, 2.24) is 19.7 Å². The van der Waals surface area contributed by atoms with Gasteiger partial charge in [0.05, 0.1) is 6.20 Å². The largest absolute Gasteiger partial charge is 0.369 e. The number of aromatic nitrogens is 4. The molecule has 2 heterocycles. The van der Waals surface area contributed by atoms with Crippen molar-refractivity contribution in [1.29, 1.82) is 0 Å². The maximum Gasteiger partial charge on any atom is 0.132 e. The standard InChI is InChI=1S/C13H17N5/c1-18-8-10(7-17-18)5-6-14-13-11-3-2-4-12(11)15-9-16-13/h7-9H,2-6H2,1H3,(H,14,15,16). The molecule has 0 spiro atoms. The molecule has 2 aromatic rings. The van der Waals surface area contributed by atoms with Gasteiger partial charge < -0.3 is 5.32 Å². The molecule has 3 rings (SSSR count). The molecule has 0 bridgehead atoms. The minimum absolute atomic E-state index is 0.884. The second-order valence-electron chi connectivity index (χ2n) is 4.70. The molecule has 0 aliphatic heterocycles. The number of nitrogens with one attached hydrogen (secondary N) is 1. The minimum Gasteiger partial charge on any atom is -0.369 e. The molecule has 0 unspecified atom stereocenters. The Balaban J connectivity index is 1.62. The maximum atomic E-state index is 4.34. The van der Waals surface area contributed by atoms with Gasteiger partial charge in [-0.25, -0.2) is 9.97 Å². The molecule has 1 N–H and O–H groups in total. The molecule has 0 aromatic carbocycles. The van der Waals surface area contributed by atoms with Gasteiger partial charge in [0.15, 0.2) is 0 Å². The summed E-state index contributed by atoms with van der Waals surface area (Å²) in [6.07, 6.45) is 9.98. The van der Waals surface area contributed by atoms with Crippen LogP contribution in [0.15, 0.2) is 18.7 Å². The molecular weight excluding hydrogens is 226 g/mol. The highest BCUT2D eigenvalue weighted by Gasteiger charge is 2.16. The first kappa shape index (κ1) is 11.2. The zero-order valence-electron chi connectivity index (χ0n) is 10.6. The van der Waals surface area contributed by atoms with E-state index in [-0.39, 0.29) is 0 Å². The Morgan fingerprint density at radius 3 is 3.11 bits per heavy atom. The van der Waals surface area contributed by atoms with E-state index in [1.807, 2.05) is 24.1 Å². The van der Waals surface area contributed by atoms with Crippen molar-refractivity contribution in [3.05, 3.63) is 35.5 Å². The number of aryl methyl sites for hydroxylation is 2. The highest BCUT2D eigenvalue weighted by Crippen LogP contribution is 2.24. The SMILES string of the molecule is Cn1cc(CCNc2ncnc3c2CCC3)cn1. The van der Waals surface area contributed by atoms with Crippen LogP contribution in [0.4, 0.5) is 5.82 Å². The van der Waals surface area contributed by atoms with Crippen molar-refractivity contribution in [2.75, 3.05) is 11.9 Å². The van der Waals surface area contributed by atoms with Gasteiger partial charge in [0.25, 0.3) is 0 Å². The number of fused-ring (bicyclic) bond motifs is 1. The Labute approximate surface area is 106 Å². The lowest BCUT2D eigenvalue weighted by molar-refractivity contribution is 0.766. The van der Waals surface area contributed by atoms with Gasteiger partial charge in [-0.3, -0.25) is 4.68 Å². The van der Waals surface area contributed by atoms with E-state index in [4.69, 9.17) is 0 Å². The van der Waals surface area contributed by atoms with Gasteiger partial charge in [-0.15, -0.1) is 0 Å². The minimum atomic E-state index is 0.884. The van der Waals surface area contributed by atoms with Gasteiger partial charge in [0.1, 0.15) is 12.1 Å². The van der Waals surface area contributed by atoms with Gasteiger partial charge in [0, 0.05) is 31.0 Å². The lowest BCUT2D eigenvalue weighted by Crippen LogP contribution is -2.09. The summed E-state index contributed by atoms with van der Waals surface area (Å²) < 4.78 is 1.83. The summed E-state index contributed by atoms with van der Waals surface area (Å²) in [6, 6.07) is 0. The van der Waals surface area contributed by atoms with Gasteiger partial charge in [0.2, 0.25) is 0 Å². The molecule has 5 nitrogen and oxygen atoms in total. The first-order valence-corrected chi connectivity index (χ1v) is 6.37. The molecule has 0 atom stereocenters. The van der Waals surface area contributed by atoms with Gasteiger partial charge in [-0.2, -0.15) is 5.10 Å². The van der Waals surface area contributed by atoms with Crippen molar-refractivity contribution >= 4 is 5.82 Å². The molecule has 5 heteroatoms. The molecule has 94 valence electrons. The van der Waals surface area contributed by atoms with Crippen molar-refractivity contribution in [3.8, 4) is 0 Å². The molecular formula is C13H17N5. The molecule has 1 aliphatic carbocycles. The third-order valence-corrected chi connectivity index (χ3v) is 3.34. The molecule has 0 fully saturated rings. The zero-order chi connectivity index (χ0) is 12.4. The fraction of sp³-hybridized carbons (Fsp3) is 0.462. The van der Waals surface area contributed by atoms with Crippen LogP contribution in [-0.2, 0) is 26.3 Å². The van der Waals surface area contributed by atoms with E-state index in [1.54, 1.807) is 6.33 Å². The quantitative estimate of drug-likeness (QED) is 0.880. The van der Waals surface area contributed by atoms with Crippen LogP contribution in [0.25, 0.3) is 0 Å². The van der Waals surface area contributed by atoms with E-state index in [2.05, 4.69) is 20.4 Å². The number of hydrogen-bond donors (Lipinski definition) is 1. The highest BCUT2D eigenvalue weighted by atomic mass is 15.2. The summed E-state index contributed by atoms with van der Waals surface area (Å²) in [5.74, 6) is 1.02. The smallest absolute Gasteiger partial charge is 0.132 e. The van der Waals surface area contributed by atoms with Crippen LogP contribution >= 0.6 is 0 Å². The van der Waals surface area contributed by atoms with Crippen LogP contribution in [0.2, 0.25) is 0 Å². The number of nitrogens with zero attached hydrogens (tertiary/aromatic N) is 4. The second kappa shape index (κ2) is 4.76. The van der Waals surface area contributed by atoms with E-state index in [0.29, 0.717) is 0 Å². The Bertz CT molecular complexity index is 546. The summed E-state index contributed by atoms with van der Waals surface area (Å²) in [5, 5.41) is 7.58. The van der Waals surface area contributed by atoms with Crippen molar-refractivity contribution in [3.63, 3.8) is 0 Å². The van der Waals surface area contributed by atoms with Crippen LogP contribution in [0.5, 0.6) is 0 Å². The van der Waals surface area contributed by atoms with E-state index in [0.717, 1.165) is 31.6 Å². The number of rotatable bonds is 4. The molecule has 0 amide bonds. The van der Waals surface area contributed by atoms with Crippen LogP contribution in [0.3, 0.4) is 0 Å². The summed E-state index contributed by atoms with van der Waals surface area (Å²) in [5.41, 5.74) is 3.77. The normalized spacial score (nSPS) is 13.6. The fourth-order valence-corrected chi connectivity index (χ4v) is 2.44. The Hall–Kier alpha value is -1.91. The predicted molar refractivity (Wildman–Crippen MR) is 69.5 cm³/mol. The van der Waals surface area contributed by atoms with E-state index in [1.165, 1.54) is 23.2 Å². The van der Waals surface area contributed by atoms with Gasteiger partial charge in [-0.05, 0) is 31.2 Å². The lowest BCUT2D eigenvalue weighted by atomic mass is 10.2. The van der Waals surface area contributed by atoms with Crippen molar-refractivity contribution < 1.29 is 0 Å². The zero-order valence-corrected chi connectivity index (χ0v) is 10.6. The monoisotopic (exact) mass is 243 g/mol. The van der Waals surface area contributed by atoms with E-state index < -0.39 is 0 Å². The van der Waals surface area contributed by atoms with E-state index >= 15 is 0 Å².